The molecule has 7 nitrogen and oxygen atoms in total. The minimum absolute atomic E-state index is 0.0404. The molecule has 0 amide bonds. The molecule has 0 aromatic rings. The van der Waals surface area contributed by atoms with Gasteiger partial charge in [-0.1, -0.05) is 26.7 Å². The van der Waals surface area contributed by atoms with Gasteiger partial charge < -0.3 is 14.5 Å². The van der Waals surface area contributed by atoms with Gasteiger partial charge in [0.2, 0.25) is 0 Å². The molecule has 0 radical (unpaired) electrons. The van der Waals surface area contributed by atoms with Gasteiger partial charge in [-0.15, -0.1) is 0 Å². The molecule has 8 heteroatoms. The Morgan fingerprint density at radius 3 is 2.67 bits per heavy atom. The fraction of sp³-hybridized carbons (Fsp3) is 0.846. The van der Waals surface area contributed by atoms with Crippen molar-refractivity contribution in [2.24, 2.45) is 17.8 Å². The van der Waals surface area contributed by atoms with E-state index >= 15 is 0 Å². The van der Waals surface area contributed by atoms with Crippen LogP contribution in [-0.2, 0) is 23.4 Å². The topological polar surface area (TPSA) is 110 Å². The van der Waals surface area contributed by atoms with Crippen molar-refractivity contribution in [3.63, 3.8) is 0 Å². The Morgan fingerprint density at radius 1 is 1.43 bits per heavy atom. The average molecular weight is 322 g/mol. The summed E-state index contributed by atoms with van der Waals surface area (Å²) in [4.78, 5) is 41.0. The lowest BCUT2D eigenvalue weighted by Gasteiger charge is -2.14. The number of Topliss-reactive ketones (excluding diaryl/α,β-unsaturated/α-hetero) is 1. The summed E-state index contributed by atoms with van der Waals surface area (Å²) in [6.45, 7) is 3.80. The fourth-order valence-electron chi connectivity index (χ4n) is 2.31. The molecule has 1 aliphatic heterocycles. The highest BCUT2D eigenvalue weighted by atomic mass is 31.2. The Labute approximate surface area is 124 Å². The van der Waals surface area contributed by atoms with E-state index in [0.717, 1.165) is 12.8 Å². The lowest BCUT2D eigenvalue weighted by Crippen LogP contribution is -2.28. The van der Waals surface area contributed by atoms with Gasteiger partial charge in [0.1, 0.15) is 11.7 Å². The second kappa shape index (κ2) is 8.03. The molecule has 1 aliphatic rings. The third-order valence-electron chi connectivity index (χ3n) is 3.42. The van der Waals surface area contributed by atoms with Crippen molar-refractivity contribution in [2.75, 3.05) is 13.2 Å². The summed E-state index contributed by atoms with van der Waals surface area (Å²) in [5.74, 6) is -1.87. The first-order valence-electron chi connectivity index (χ1n) is 7.10. The first-order valence-corrected chi connectivity index (χ1v) is 8.63. The number of phosphoric acid groups is 1. The molecule has 0 aliphatic carbocycles. The minimum Gasteiger partial charge on any atom is -0.465 e. The first-order chi connectivity index (χ1) is 9.70. The Hall–Kier alpha value is -0.750. The number of ketones is 1. The number of ether oxygens (including phenoxy) is 1. The monoisotopic (exact) mass is 322 g/mol. The van der Waals surface area contributed by atoms with E-state index in [1.807, 2.05) is 0 Å². The van der Waals surface area contributed by atoms with Gasteiger partial charge in [-0.3, -0.25) is 14.1 Å². The summed E-state index contributed by atoms with van der Waals surface area (Å²) in [7, 11) is -4.61. The number of cyclic esters (lactones) is 1. The van der Waals surface area contributed by atoms with E-state index in [9.17, 15) is 14.2 Å². The smallest absolute Gasteiger partial charge is 0.465 e. The number of hydrogen-bond donors (Lipinski definition) is 2. The quantitative estimate of drug-likeness (QED) is 0.287. The number of carbonyl (C=O) groups excluding carboxylic acids is 2. The van der Waals surface area contributed by atoms with E-state index < -0.39 is 25.6 Å². The normalized spacial score (nSPS) is 22.6. The predicted octanol–water partition coefficient (Wildman–Crippen LogP) is 1.67. The largest absolute Gasteiger partial charge is 0.469 e. The third-order valence-corrected chi connectivity index (χ3v) is 3.91. The van der Waals surface area contributed by atoms with Crippen LogP contribution in [-0.4, -0.2) is 34.8 Å². The van der Waals surface area contributed by atoms with Crippen LogP contribution in [0.2, 0.25) is 0 Å². The van der Waals surface area contributed by atoms with Gasteiger partial charge >= 0.3 is 13.8 Å². The Morgan fingerprint density at radius 2 is 2.10 bits per heavy atom. The van der Waals surface area contributed by atoms with E-state index in [-0.39, 0.29) is 25.4 Å². The van der Waals surface area contributed by atoms with Gasteiger partial charge in [-0.25, -0.2) is 4.57 Å². The van der Waals surface area contributed by atoms with Gasteiger partial charge in [-0.2, -0.15) is 0 Å². The van der Waals surface area contributed by atoms with Gasteiger partial charge in [-0.05, 0) is 12.3 Å². The number of esters is 1. The second-order valence-electron chi connectivity index (χ2n) is 5.76. The molecule has 1 saturated heterocycles. The van der Waals surface area contributed by atoms with Crippen LogP contribution in [0.15, 0.2) is 0 Å². The highest BCUT2D eigenvalue weighted by Gasteiger charge is 2.42. The summed E-state index contributed by atoms with van der Waals surface area (Å²) >= 11 is 0. The molecule has 122 valence electrons. The molecule has 21 heavy (non-hydrogen) atoms. The van der Waals surface area contributed by atoms with Crippen molar-refractivity contribution in [2.45, 2.75) is 39.5 Å². The van der Waals surface area contributed by atoms with Crippen molar-refractivity contribution >= 4 is 19.6 Å². The number of carbonyl (C=O) groups is 2. The summed E-state index contributed by atoms with van der Waals surface area (Å²) in [6, 6.07) is 0. The van der Waals surface area contributed by atoms with Crippen molar-refractivity contribution < 1.29 is 33.2 Å². The highest BCUT2D eigenvalue weighted by Crippen LogP contribution is 2.38. The zero-order valence-electron chi connectivity index (χ0n) is 12.4. The second-order valence-corrected chi connectivity index (χ2v) is 7.00. The average Bonchev–Trinajstić information content (AvgIpc) is 2.72. The van der Waals surface area contributed by atoms with Crippen LogP contribution >= 0.6 is 7.82 Å². The van der Waals surface area contributed by atoms with Crippen molar-refractivity contribution in [3.8, 4) is 0 Å². The number of unbranched alkanes of at least 4 members (excludes halogenated alkanes) is 1. The highest BCUT2D eigenvalue weighted by molar-refractivity contribution is 7.46. The maximum atomic E-state index is 12.1. The van der Waals surface area contributed by atoms with Crippen LogP contribution in [0.1, 0.15) is 39.5 Å². The lowest BCUT2D eigenvalue weighted by atomic mass is 9.89. The van der Waals surface area contributed by atoms with Crippen LogP contribution in [0.4, 0.5) is 0 Å². The molecule has 2 N–H and O–H groups in total. The van der Waals surface area contributed by atoms with E-state index in [4.69, 9.17) is 14.5 Å². The lowest BCUT2D eigenvalue weighted by molar-refractivity contribution is -0.144. The van der Waals surface area contributed by atoms with Crippen LogP contribution in [0, 0.1) is 17.8 Å². The number of hydrogen-bond acceptors (Lipinski definition) is 5. The minimum atomic E-state index is -4.61. The summed E-state index contributed by atoms with van der Waals surface area (Å²) < 4.78 is 19.9. The SMILES string of the molecule is CC(C)CCCCC(=O)C1C(=O)OCC1COP(=O)(O)O. The zero-order chi connectivity index (χ0) is 16.0. The van der Waals surface area contributed by atoms with Crippen LogP contribution in [0.5, 0.6) is 0 Å². The molecular weight excluding hydrogens is 299 g/mol. The molecule has 2 unspecified atom stereocenters. The maximum absolute atomic E-state index is 12.1. The van der Waals surface area contributed by atoms with Crippen molar-refractivity contribution in [3.05, 3.63) is 0 Å². The molecule has 0 saturated carbocycles. The van der Waals surface area contributed by atoms with Crippen LogP contribution < -0.4 is 0 Å². The van der Waals surface area contributed by atoms with Crippen LogP contribution in [0.25, 0.3) is 0 Å². The number of rotatable bonds is 9. The van der Waals surface area contributed by atoms with Crippen molar-refractivity contribution in [1.29, 1.82) is 0 Å². The molecular formula is C13H23O7P. The molecule has 2 atom stereocenters. The van der Waals surface area contributed by atoms with Gasteiger partial charge in [0, 0.05) is 12.3 Å². The van der Waals surface area contributed by atoms with Crippen molar-refractivity contribution in [1.82, 2.24) is 0 Å². The fourth-order valence-corrected chi connectivity index (χ4v) is 2.69. The first kappa shape index (κ1) is 18.3. The van der Waals surface area contributed by atoms with E-state index in [0.29, 0.717) is 12.3 Å². The summed E-state index contributed by atoms with van der Waals surface area (Å²) in [6.07, 6.45) is 2.91. The Kier molecular flexibility index (Phi) is 7.00. The van der Waals surface area contributed by atoms with Gasteiger partial charge in [0.15, 0.2) is 0 Å². The molecule has 1 rings (SSSR count). The molecule has 0 aromatic carbocycles. The molecule has 1 fully saturated rings. The third kappa shape index (κ3) is 6.70. The maximum Gasteiger partial charge on any atom is 0.469 e. The Bertz CT molecular complexity index is 415. The predicted molar refractivity (Wildman–Crippen MR) is 74.2 cm³/mol. The van der Waals surface area contributed by atoms with E-state index in [1.54, 1.807) is 0 Å². The van der Waals surface area contributed by atoms with Gasteiger partial charge in [0.05, 0.1) is 13.2 Å². The molecule has 1 heterocycles. The molecule has 0 aromatic heterocycles. The molecule has 0 spiro atoms. The zero-order valence-corrected chi connectivity index (χ0v) is 13.3. The van der Waals surface area contributed by atoms with Gasteiger partial charge in [0.25, 0.3) is 0 Å². The van der Waals surface area contributed by atoms with Crippen LogP contribution in [0.3, 0.4) is 0 Å². The number of phosphoric ester groups is 1. The summed E-state index contributed by atoms with van der Waals surface area (Å²) in [5, 5.41) is 0. The standard InChI is InChI=1S/C13H23O7P/c1-9(2)5-3-4-6-11(14)12-10(7-19-13(12)15)8-20-21(16,17)18/h9-10,12H,3-8H2,1-2H3,(H2,16,17,18). The Balaban J connectivity index is 2.46. The van der Waals surface area contributed by atoms with E-state index in [1.165, 1.54) is 0 Å². The molecule has 0 bridgehead atoms. The van der Waals surface area contributed by atoms with E-state index in [2.05, 4.69) is 18.4 Å². The summed E-state index contributed by atoms with van der Waals surface area (Å²) in [5.41, 5.74) is 0.